The Morgan fingerprint density at radius 3 is 3.05 bits per heavy atom. The number of hydrogen-bond acceptors (Lipinski definition) is 4. The summed E-state index contributed by atoms with van der Waals surface area (Å²) < 4.78 is 8.29. The Morgan fingerprint density at radius 2 is 2.15 bits per heavy atom. The fourth-order valence-electron chi connectivity index (χ4n) is 2.70. The molecule has 20 heavy (non-hydrogen) atoms. The molecule has 0 fully saturated rings. The zero-order valence-corrected chi connectivity index (χ0v) is 12.5. The summed E-state index contributed by atoms with van der Waals surface area (Å²) in [5, 5.41) is 12.8. The van der Waals surface area contributed by atoms with Crippen molar-refractivity contribution < 1.29 is 9.84 Å². The molecule has 1 aromatic carbocycles. The van der Waals surface area contributed by atoms with Gasteiger partial charge in [-0.25, -0.2) is 0 Å². The maximum absolute atomic E-state index is 10.7. The van der Waals surface area contributed by atoms with Crippen molar-refractivity contribution in [2.45, 2.75) is 18.9 Å². The van der Waals surface area contributed by atoms with Gasteiger partial charge >= 0.3 is 0 Å². The van der Waals surface area contributed by atoms with E-state index in [0.717, 1.165) is 35.6 Å². The molecule has 1 unspecified atom stereocenters. The second-order valence-electron chi connectivity index (χ2n) is 4.99. The summed E-state index contributed by atoms with van der Waals surface area (Å²) in [6.07, 6.45) is 1.50. The van der Waals surface area contributed by atoms with Gasteiger partial charge in [0.15, 0.2) is 0 Å². The number of aryl methyl sites for hydroxylation is 1. The number of aliphatic hydroxyl groups excluding tert-OH is 1. The van der Waals surface area contributed by atoms with Crippen molar-refractivity contribution in [3.8, 4) is 5.75 Å². The van der Waals surface area contributed by atoms with Crippen LogP contribution in [0.15, 0.2) is 35.7 Å². The lowest BCUT2D eigenvalue weighted by molar-refractivity contribution is 0.210. The van der Waals surface area contributed by atoms with E-state index in [1.54, 1.807) is 22.7 Å². The quantitative estimate of drug-likeness (QED) is 0.761. The predicted octanol–water partition coefficient (Wildman–Crippen LogP) is 4.37. The highest BCUT2D eigenvalue weighted by molar-refractivity contribution is 7.26. The Kier molecular flexibility index (Phi) is 3.02. The van der Waals surface area contributed by atoms with Crippen LogP contribution in [0.2, 0.25) is 0 Å². The number of hydrogen-bond donors (Lipinski definition) is 1. The van der Waals surface area contributed by atoms with Crippen LogP contribution in [0.3, 0.4) is 0 Å². The first-order chi connectivity index (χ1) is 9.83. The van der Waals surface area contributed by atoms with Crippen molar-refractivity contribution in [2.75, 3.05) is 6.61 Å². The summed E-state index contributed by atoms with van der Waals surface area (Å²) in [5.74, 6) is 0.892. The monoisotopic (exact) mass is 302 g/mol. The number of thiophene rings is 2. The maximum Gasteiger partial charge on any atom is 0.128 e. The van der Waals surface area contributed by atoms with E-state index in [9.17, 15) is 5.11 Å². The highest BCUT2D eigenvalue weighted by Gasteiger charge is 2.22. The molecule has 0 saturated heterocycles. The molecule has 2 nitrogen and oxygen atoms in total. The van der Waals surface area contributed by atoms with Crippen molar-refractivity contribution in [3.05, 3.63) is 51.7 Å². The van der Waals surface area contributed by atoms with Crippen molar-refractivity contribution in [1.29, 1.82) is 0 Å². The Bertz CT molecular complexity index is 728. The molecule has 1 atom stereocenters. The Morgan fingerprint density at radius 1 is 1.20 bits per heavy atom. The van der Waals surface area contributed by atoms with Crippen LogP contribution in [0.25, 0.3) is 9.40 Å². The molecule has 4 rings (SSSR count). The first-order valence-electron chi connectivity index (χ1n) is 6.72. The molecule has 2 aromatic heterocycles. The van der Waals surface area contributed by atoms with Gasteiger partial charge in [-0.3, -0.25) is 0 Å². The zero-order valence-electron chi connectivity index (χ0n) is 10.8. The van der Waals surface area contributed by atoms with Crippen molar-refractivity contribution in [3.63, 3.8) is 0 Å². The van der Waals surface area contributed by atoms with Crippen LogP contribution < -0.4 is 4.74 Å². The first kappa shape index (κ1) is 12.4. The van der Waals surface area contributed by atoms with Gasteiger partial charge in [0.25, 0.3) is 0 Å². The number of aliphatic hydroxyl groups is 1. The van der Waals surface area contributed by atoms with E-state index in [4.69, 9.17) is 4.74 Å². The van der Waals surface area contributed by atoms with Gasteiger partial charge in [-0.15, -0.1) is 22.7 Å². The molecule has 0 amide bonds. The second kappa shape index (κ2) is 4.88. The minimum Gasteiger partial charge on any atom is -0.493 e. The van der Waals surface area contributed by atoms with Crippen LogP contribution in [0.4, 0.5) is 0 Å². The van der Waals surface area contributed by atoms with Gasteiger partial charge in [0.05, 0.1) is 6.61 Å². The summed E-state index contributed by atoms with van der Waals surface area (Å²) in [7, 11) is 0. The van der Waals surface area contributed by atoms with Crippen LogP contribution in [0.1, 0.15) is 28.5 Å². The van der Waals surface area contributed by atoms with Gasteiger partial charge in [0.1, 0.15) is 11.9 Å². The van der Waals surface area contributed by atoms with Crippen molar-refractivity contribution >= 4 is 32.1 Å². The minimum absolute atomic E-state index is 0.590. The van der Waals surface area contributed by atoms with E-state index in [2.05, 4.69) is 23.6 Å². The molecule has 0 spiro atoms. The molecule has 0 bridgehead atoms. The average molecular weight is 302 g/mol. The van der Waals surface area contributed by atoms with E-state index in [0.29, 0.717) is 0 Å². The Labute approximate surface area is 125 Å². The molecule has 3 aromatic rings. The fraction of sp³-hybridized carbons (Fsp3) is 0.250. The molecule has 0 saturated carbocycles. The number of para-hydroxylation sites is 1. The SMILES string of the molecule is OC(c1cc2sccc2s1)c1cccc2c1OCCC2. The maximum atomic E-state index is 10.7. The van der Waals surface area contributed by atoms with E-state index >= 15 is 0 Å². The summed E-state index contributed by atoms with van der Waals surface area (Å²) in [5.41, 5.74) is 2.11. The third kappa shape index (κ3) is 1.95. The van der Waals surface area contributed by atoms with Crippen LogP contribution in [0, 0.1) is 0 Å². The molecular formula is C16H14O2S2. The number of rotatable bonds is 2. The van der Waals surface area contributed by atoms with Crippen LogP contribution >= 0.6 is 22.7 Å². The van der Waals surface area contributed by atoms with E-state index in [-0.39, 0.29) is 0 Å². The second-order valence-corrected chi connectivity index (χ2v) is 7.05. The highest BCUT2D eigenvalue weighted by Crippen LogP contribution is 2.40. The van der Waals surface area contributed by atoms with E-state index in [1.807, 2.05) is 12.1 Å². The summed E-state index contributed by atoms with van der Waals surface area (Å²) in [4.78, 5) is 0.995. The zero-order chi connectivity index (χ0) is 13.5. The first-order valence-corrected chi connectivity index (χ1v) is 8.42. The lowest BCUT2D eigenvalue weighted by Gasteiger charge is -2.22. The standard InChI is InChI=1S/C16H14O2S2/c17-15(14-9-13-12(20-14)6-8-19-13)11-5-1-3-10-4-2-7-18-16(10)11/h1,3,5-6,8-9,15,17H,2,4,7H2. The summed E-state index contributed by atoms with van der Waals surface area (Å²) in [6.45, 7) is 0.746. The lowest BCUT2D eigenvalue weighted by Crippen LogP contribution is -2.12. The molecule has 0 aliphatic carbocycles. The largest absolute Gasteiger partial charge is 0.493 e. The van der Waals surface area contributed by atoms with Gasteiger partial charge in [-0.05, 0) is 35.9 Å². The fourth-order valence-corrected chi connectivity index (χ4v) is 4.83. The highest BCUT2D eigenvalue weighted by atomic mass is 32.1. The van der Waals surface area contributed by atoms with Crippen molar-refractivity contribution in [1.82, 2.24) is 0 Å². The Hall–Kier alpha value is -1.36. The minimum atomic E-state index is -0.590. The van der Waals surface area contributed by atoms with E-state index < -0.39 is 6.10 Å². The number of ether oxygens (including phenoxy) is 1. The Balaban J connectivity index is 1.78. The molecule has 1 aliphatic heterocycles. The smallest absolute Gasteiger partial charge is 0.128 e. The van der Waals surface area contributed by atoms with Gasteiger partial charge in [-0.1, -0.05) is 18.2 Å². The van der Waals surface area contributed by atoms with Gasteiger partial charge in [0, 0.05) is 19.8 Å². The molecule has 0 radical (unpaired) electrons. The molecule has 1 aliphatic rings. The molecule has 1 N–H and O–H groups in total. The molecule has 4 heteroatoms. The van der Waals surface area contributed by atoms with Crippen LogP contribution in [0.5, 0.6) is 5.75 Å². The summed E-state index contributed by atoms with van der Waals surface area (Å²) >= 11 is 3.38. The molecule has 3 heterocycles. The third-order valence-electron chi connectivity index (χ3n) is 3.69. The van der Waals surface area contributed by atoms with Crippen LogP contribution in [-0.2, 0) is 6.42 Å². The van der Waals surface area contributed by atoms with Crippen LogP contribution in [-0.4, -0.2) is 11.7 Å². The third-order valence-corrected chi connectivity index (χ3v) is 5.83. The predicted molar refractivity (Wildman–Crippen MR) is 84.0 cm³/mol. The van der Waals surface area contributed by atoms with Gasteiger partial charge in [-0.2, -0.15) is 0 Å². The normalized spacial score (nSPS) is 15.8. The van der Waals surface area contributed by atoms with E-state index in [1.165, 1.54) is 15.0 Å². The average Bonchev–Trinajstić information content (AvgIpc) is 3.07. The number of benzene rings is 1. The lowest BCUT2D eigenvalue weighted by atomic mass is 9.99. The summed E-state index contributed by atoms with van der Waals surface area (Å²) in [6, 6.07) is 10.3. The van der Waals surface area contributed by atoms with Gasteiger partial charge < -0.3 is 9.84 Å². The van der Waals surface area contributed by atoms with Gasteiger partial charge in [0.2, 0.25) is 0 Å². The number of fused-ring (bicyclic) bond motifs is 2. The topological polar surface area (TPSA) is 29.5 Å². The molecular weight excluding hydrogens is 288 g/mol. The molecule has 102 valence electrons. The van der Waals surface area contributed by atoms with Crippen molar-refractivity contribution in [2.24, 2.45) is 0 Å².